The zero-order chi connectivity index (χ0) is 11.0. The molecule has 0 bridgehead atoms. The van der Waals surface area contributed by atoms with Crippen molar-refractivity contribution in [3.8, 4) is 0 Å². The summed E-state index contributed by atoms with van der Waals surface area (Å²) in [5.74, 6) is -0.150. The minimum Gasteiger partial charge on any atom is -0.465 e. The van der Waals surface area contributed by atoms with Gasteiger partial charge in [0, 0.05) is 6.54 Å². The molecule has 14 heavy (non-hydrogen) atoms. The van der Waals surface area contributed by atoms with Gasteiger partial charge in [0.05, 0.1) is 13.2 Å². The summed E-state index contributed by atoms with van der Waals surface area (Å²) in [5, 5.41) is 3.08. The molecule has 84 valence electrons. The van der Waals surface area contributed by atoms with Crippen molar-refractivity contribution in [1.82, 2.24) is 5.32 Å². The minimum atomic E-state index is -0.150. The lowest BCUT2D eigenvalue weighted by Gasteiger charge is -2.18. The molecule has 0 fully saturated rings. The van der Waals surface area contributed by atoms with Crippen molar-refractivity contribution in [3.63, 3.8) is 0 Å². The number of esters is 1. The van der Waals surface area contributed by atoms with Gasteiger partial charge in [-0.2, -0.15) is 0 Å². The fraction of sp³-hybridized carbons (Fsp3) is 0.909. The summed E-state index contributed by atoms with van der Waals surface area (Å²) < 4.78 is 5.00. The molecule has 0 rings (SSSR count). The summed E-state index contributed by atoms with van der Waals surface area (Å²) >= 11 is 0. The second kappa shape index (κ2) is 6.82. The van der Waals surface area contributed by atoms with E-state index in [1.807, 2.05) is 0 Å². The third kappa shape index (κ3) is 9.52. The number of unbranched alkanes of at least 4 members (excludes halogenated alkanes) is 1. The van der Waals surface area contributed by atoms with Crippen molar-refractivity contribution >= 4 is 5.97 Å². The Bertz CT molecular complexity index is 161. The quantitative estimate of drug-likeness (QED) is 0.527. The Morgan fingerprint density at radius 1 is 1.36 bits per heavy atom. The van der Waals surface area contributed by atoms with Crippen LogP contribution in [-0.4, -0.2) is 25.7 Å². The average molecular weight is 201 g/mol. The smallest absolute Gasteiger partial charge is 0.319 e. The third-order valence-electron chi connectivity index (χ3n) is 1.69. The van der Waals surface area contributed by atoms with E-state index < -0.39 is 0 Å². The van der Waals surface area contributed by atoms with E-state index in [1.165, 1.54) is 0 Å². The molecule has 0 radical (unpaired) electrons. The summed E-state index contributed by atoms with van der Waals surface area (Å²) in [5.41, 5.74) is 0.212. The van der Waals surface area contributed by atoms with Crippen LogP contribution in [0.25, 0.3) is 0 Å². The fourth-order valence-electron chi connectivity index (χ4n) is 0.921. The lowest BCUT2D eigenvalue weighted by Crippen LogP contribution is -2.32. The molecule has 0 saturated heterocycles. The van der Waals surface area contributed by atoms with Crippen molar-refractivity contribution in [2.24, 2.45) is 5.41 Å². The highest BCUT2D eigenvalue weighted by atomic mass is 16.5. The predicted molar refractivity (Wildman–Crippen MR) is 58.2 cm³/mol. The van der Waals surface area contributed by atoms with Crippen molar-refractivity contribution < 1.29 is 9.53 Å². The van der Waals surface area contributed by atoms with Gasteiger partial charge in [-0.1, -0.05) is 34.1 Å². The summed E-state index contributed by atoms with van der Waals surface area (Å²) in [6.45, 7) is 10.2. The first-order valence-electron chi connectivity index (χ1n) is 5.32. The van der Waals surface area contributed by atoms with Gasteiger partial charge in [-0.3, -0.25) is 4.79 Å². The van der Waals surface area contributed by atoms with E-state index >= 15 is 0 Å². The summed E-state index contributed by atoms with van der Waals surface area (Å²) in [6, 6.07) is 0. The first-order valence-corrected chi connectivity index (χ1v) is 5.32. The first-order chi connectivity index (χ1) is 6.45. The molecule has 0 saturated carbocycles. The molecule has 3 nitrogen and oxygen atoms in total. The van der Waals surface area contributed by atoms with Crippen LogP contribution in [0.2, 0.25) is 0 Å². The maximum atomic E-state index is 11.1. The molecule has 0 aromatic carbocycles. The molecule has 3 heteroatoms. The van der Waals surface area contributed by atoms with Crippen molar-refractivity contribution in [2.45, 2.75) is 40.5 Å². The highest BCUT2D eigenvalue weighted by Crippen LogP contribution is 2.09. The van der Waals surface area contributed by atoms with Gasteiger partial charge >= 0.3 is 5.97 Å². The van der Waals surface area contributed by atoms with Crippen molar-refractivity contribution in [1.29, 1.82) is 0 Å². The highest BCUT2D eigenvalue weighted by molar-refractivity contribution is 5.71. The summed E-state index contributed by atoms with van der Waals surface area (Å²) in [4.78, 5) is 11.1. The molecule has 0 amide bonds. The molecule has 0 aromatic heterocycles. The normalized spacial score (nSPS) is 11.4. The van der Waals surface area contributed by atoms with Crippen LogP contribution in [0.15, 0.2) is 0 Å². The Balaban J connectivity index is 3.36. The van der Waals surface area contributed by atoms with E-state index in [2.05, 4.69) is 33.0 Å². The molecule has 0 aliphatic rings. The lowest BCUT2D eigenvalue weighted by atomic mass is 9.97. The molecule has 0 aliphatic heterocycles. The van der Waals surface area contributed by atoms with Crippen molar-refractivity contribution in [3.05, 3.63) is 0 Å². The molecular weight excluding hydrogens is 178 g/mol. The molecule has 0 aromatic rings. The highest BCUT2D eigenvalue weighted by Gasteiger charge is 2.10. The molecule has 0 aliphatic carbocycles. The maximum Gasteiger partial charge on any atom is 0.319 e. The van der Waals surface area contributed by atoms with E-state index in [4.69, 9.17) is 4.74 Å². The van der Waals surface area contributed by atoms with Gasteiger partial charge in [-0.05, 0) is 11.8 Å². The zero-order valence-electron chi connectivity index (χ0n) is 9.85. The number of hydrogen-bond donors (Lipinski definition) is 1. The van der Waals surface area contributed by atoms with Crippen LogP contribution in [0.3, 0.4) is 0 Å². The van der Waals surface area contributed by atoms with Crippen LogP contribution in [-0.2, 0) is 9.53 Å². The topological polar surface area (TPSA) is 38.3 Å². The van der Waals surface area contributed by atoms with Gasteiger partial charge in [0.15, 0.2) is 0 Å². The largest absolute Gasteiger partial charge is 0.465 e. The Hall–Kier alpha value is -0.570. The maximum absolute atomic E-state index is 11.1. The van der Waals surface area contributed by atoms with Crippen LogP contribution in [0.5, 0.6) is 0 Å². The summed E-state index contributed by atoms with van der Waals surface area (Å²) in [6.07, 6.45) is 2.01. The van der Waals surface area contributed by atoms with E-state index in [0.717, 1.165) is 19.4 Å². The molecule has 1 N–H and O–H groups in total. The summed E-state index contributed by atoms with van der Waals surface area (Å²) in [7, 11) is 0. The van der Waals surface area contributed by atoms with Gasteiger partial charge in [0.25, 0.3) is 0 Å². The predicted octanol–water partition coefficient (Wildman–Crippen LogP) is 1.97. The first kappa shape index (κ1) is 13.4. The molecule has 0 atom stereocenters. The lowest BCUT2D eigenvalue weighted by molar-refractivity contribution is -0.142. The van der Waals surface area contributed by atoms with Crippen LogP contribution in [0, 0.1) is 5.41 Å². The second-order valence-electron chi connectivity index (χ2n) is 4.74. The molecule has 0 spiro atoms. The van der Waals surface area contributed by atoms with Crippen LogP contribution < -0.4 is 5.32 Å². The van der Waals surface area contributed by atoms with Gasteiger partial charge in [-0.15, -0.1) is 0 Å². The van der Waals surface area contributed by atoms with Gasteiger partial charge < -0.3 is 10.1 Å². The molecular formula is C11H23NO2. The van der Waals surface area contributed by atoms with E-state index in [1.54, 1.807) is 0 Å². The fourth-order valence-corrected chi connectivity index (χ4v) is 0.921. The van der Waals surface area contributed by atoms with Crippen molar-refractivity contribution in [2.75, 3.05) is 19.7 Å². The van der Waals surface area contributed by atoms with Gasteiger partial charge in [-0.25, -0.2) is 0 Å². The Morgan fingerprint density at radius 3 is 2.50 bits per heavy atom. The Kier molecular flexibility index (Phi) is 6.54. The van der Waals surface area contributed by atoms with Gasteiger partial charge in [0.1, 0.15) is 0 Å². The average Bonchev–Trinajstić information content (AvgIpc) is 2.02. The van der Waals surface area contributed by atoms with Crippen LogP contribution in [0.4, 0.5) is 0 Å². The minimum absolute atomic E-state index is 0.150. The van der Waals surface area contributed by atoms with E-state index in [-0.39, 0.29) is 11.4 Å². The van der Waals surface area contributed by atoms with E-state index in [0.29, 0.717) is 13.2 Å². The third-order valence-corrected chi connectivity index (χ3v) is 1.69. The van der Waals surface area contributed by atoms with E-state index in [9.17, 15) is 4.79 Å². The zero-order valence-corrected chi connectivity index (χ0v) is 9.85. The van der Waals surface area contributed by atoms with Crippen LogP contribution in [0.1, 0.15) is 40.5 Å². The Labute approximate surface area is 87.2 Å². The standard InChI is InChI=1S/C11H23NO2/c1-5-6-7-14-10(13)8-12-9-11(2,3)4/h12H,5-9H2,1-4H3. The number of rotatable bonds is 6. The van der Waals surface area contributed by atoms with Gasteiger partial charge in [0.2, 0.25) is 0 Å². The van der Waals surface area contributed by atoms with Crippen LogP contribution >= 0.6 is 0 Å². The number of hydrogen-bond acceptors (Lipinski definition) is 3. The second-order valence-corrected chi connectivity index (χ2v) is 4.74. The number of nitrogens with one attached hydrogen (secondary N) is 1. The molecule has 0 unspecified atom stereocenters. The number of carbonyl (C=O) groups excluding carboxylic acids is 1. The monoisotopic (exact) mass is 201 g/mol. The number of ether oxygens (including phenoxy) is 1. The SMILES string of the molecule is CCCCOC(=O)CNCC(C)(C)C. The molecule has 0 heterocycles. The number of carbonyl (C=O) groups is 1. The Morgan fingerprint density at radius 2 is 2.00 bits per heavy atom.